The molecule has 6 heteroatoms. The van der Waals surface area contributed by atoms with Crippen molar-refractivity contribution in [3.05, 3.63) is 118 Å². The zero-order valence-corrected chi connectivity index (χ0v) is 19.6. The van der Waals surface area contributed by atoms with Crippen LogP contribution in [0, 0.1) is 6.92 Å². The number of ether oxygens (including phenoxy) is 2. The van der Waals surface area contributed by atoms with Gasteiger partial charge in [-0.3, -0.25) is 4.79 Å². The molecule has 5 aromatic rings. The quantitative estimate of drug-likeness (QED) is 0.283. The summed E-state index contributed by atoms with van der Waals surface area (Å²) in [6.07, 6.45) is 0. The standard InChI is InChI=1S/C30H24O6/c1-19-29(33)28-24(32)15-23(31)16-27(28)36-30(19)22-12-13-25(34-17-20-8-4-2-5-9-20)26(14-22)35-18-21-10-6-3-7-11-21/h2-16,31-32H,17-18H2,1H3. The molecule has 0 radical (unpaired) electrons. The third-order valence-electron chi connectivity index (χ3n) is 5.87. The predicted octanol–water partition coefficient (Wildman–Crippen LogP) is 6.34. The van der Waals surface area contributed by atoms with Gasteiger partial charge in [-0.05, 0) is 36.2 Å². The first kappa shape index (κ1) is 23.1. The third-order valence-corrected chi connectivity index (χ3v) is 5.87. The van der Waals surface area contributed by atoms with Crippen molar-refractivity contribution < 1.29 is 24.1 Å². The van der Waals surface area contributed by atoms with E-state index in [9.17, 15) is 15.0 Å². The molecule has 2 N–H and O–H groups in total. The Hall–Kier alpha value is -4.71. The Labute approximate surface area is 207 Å². The lowest BCUT2D eigenvalue weighted by Gasteiger charge is -2.15. The summed E-state index contributed by atoms with van der Waals surface area (Å²) in [5, 5.41) is 20.1. The number of hydrogen-bond donors (Lipinski definition) is 2. The molecular formula is C30H24O6. The smallest absolute Gasteiger partial charge is 0.199 e. The molecule has 1 heterocycles. The van der Waals surface area contributed by atoms with Gasteiger partial charge in [-0.2, -0.15) is 0 Å². The van der Waals surface area contributed by atoms with Crippen molar-refractivity contribution in [3.8, 4) is 34.3 Å². The van der Waals surface area contributed by atoms with Gasteiger partial charge in [-0.25, -0.2) is 0 Å². The fraction of sp³-hybridized carbons (Fsp3) is 0.100. The molecule has 6 nitrogen and oxygen atoms in total. The van der Waals surface area contributed by atoms with Crippen LogP contribution in [-0.4, -0.2) is 10.2 Å². The minimum Gasteiger partial charge on any atom is -0.508 e. The van der Waals surface area contributed by atoms with Crippen LogP contribution in [-0.2, 0) is 13.2 Å². The molecular weight excluding hydrogens is 456 g/mol. The maximum Gasteiger partial charge on any atom is 0.199 e. The maximum atomic E-state index is 13.0. The summed E-state index contributed by atoms with van der Waals surface area (Å²) in [5.74, 6) is 0.832. The highest BCUT2D eigenvalue weighted by atomic mass is 16.5. The molecule has 0 aliphatic carbocycles. The first-order chi connectivity index (χ1) is 17.5. The van der Waals surface area contributed by atoms with Crippen LogP contribution in [0.4, 0.5) is 0 Å². The van der Waals surface area contributed by atoms with Gasteiger partial charge in [0, 0.05) is 23.3 Å². The third kappa shape index (κ3) is 4.74. The molecule has 0 spiro atoms. The summed E-state index contributed by atoms with van der Waals surface area (Å²) in [6, 6.07) is 27.4. The van der Waals surface area contributed by atoms with Gasteiger partial charge < -0.3 is 24.1 Å². The molecule has 0 saturated carbocycles. The van der Waals surface area contributed by atoms with Crippen LogP contribution < -0.4 is 14.9 Å². The van der Waals surface area contributed by atoms with Crippen molar-refractivity contribution in [2.24, 2.45) is 0 Å². The van der Waals surface area contributed by atoms with Crippen LogP contribution in [0.25, 0.3) is 22.3 Å². The molecule has 0 atom stereocenters. The second-order valence-electron chi connectivity index (χ2n) is 8.43. The van der Waals surface area contributed by atoms with Gasteiger partial charge in [-0.1, -0.05) is 60.7 Å². The molecule has 0 aliphatic rings. The monoisotopic (exact) mass is 480 g/mol. The number of fused-ring (bicyclic) bond motifs is 1. The zero-order valence-electron chi connectivity index (χ0n) is 19.6. The maximum absolute atomic E-state index is 13.0. The van der Waals surface area contributed by atoms with E-state index >= 15 is 0 Å². The number of hydrogen-bond acceptors (Lipinski definition) is 6. The number of rotatable bonds is 7. The van der Waals surface area contributed by atoms with E-state index in [1.165, 1.54) is 6.07 Å². The zero-order chi connectivity index (χ0) is 25.1. The van der Waals surface area contributed by atoms with E-state index < -0.39 is 0 Å². The van der Waals surface area contributed by atoms with Crippen LogP contribution >= 0.6 is 0 Å². The van der Waals surface area contributed by atoms with Crippen molar-refractivity contribution in [3.63, 3.8) is 0 Å². The summed E-state index contributed by atoms with van der Waals surface area (Å²) < 4.78 is 18.2. The van der Waals surface area contributed by atoms with E-state index in [0.717, 1.165) is 17.2 Å². The van der Waals surface area contributed by atoms with Crippen LogP contribution in [0.5, 0.6) is 23.0 Å². The van der Waals surface area contributed by atoms with E-state index in [4.69, 9.17) is 13.9 Å². The first-order valence-corrected chi connectivity index (χ1v) is 11.5. The van der Waals surface area contributed by atoms with Gasteiger partial charge in [0.25, 0.3) is 0 Å². The van der Waals surface area contributed by atoms with Gasteiger partial charge in [0.2, 0.25) is 0 Å². The van der Waals surface area contributed by atoms with Crippen LogP contribution in [0.1, 0.15) is 16.7 Å². The molecule has 0 unspecified atom stereocenters. The summed E-state index contributed by atoms with van der Waals surface area (Å²) >= 11 is 0. The Morgan fingerprint density at radius 2 is 1.36 bits per heavy atom. The SMILES string of the molecule is Cc1c(-c2ccc(OCc3ccccc3)c(OCc3ccccc3)c2)oc2cc(O)cc(O)c2c1=O. The lowest BCUT2D eigenvalue weighted by Crippen LogP contribution is -2.07. The van der Waals surface area contributed by atoms with Gasteiger partial charge in [0.05, 0.1) is 0 Å². The van der Waals surface area contributed by atoms with E-state index in [2.05, 4.69) is 0 Å². The number of phenols is 2. The van der Waals surface area contributed by atoms with Crippen molar-refractivity contribution in [1.82, 2.24) is 0 Å². The summed E-state index contributed by atoms with van der Waals surface area (Å²) in [7, 11) is 0. The molecule has 36 heavy (non-hydrogen) atoms. The molecule has 180 valence electrons. The Bertz CT molecular complexity index is 1570. The highest BCUT2D eigenvalue weighted by Crippen LogP contribution is 2.37. The van der Waals surface area contributed by atoms with Crippen molar-refractivity contribution in [1.29, 1.82) is 0 Å². The summed E-state index contributed by atoms with van der Waals surface area (Å²) in [6.45, 7) is 2.33. The van der Waals surface area contributed by atoms with Crippen LogP contribution in [0.3, 0.4) is 0 Å². The second-order valence-corrected chi connectivity index (χ2v) is 8.43. The number of phenolic OH excluding ortho intramolecular Hbond substituents is 2. The molecule has 5 rings (SSSR count). The summed E-state index contributed by atoms with van der Waals surface area (Å²) in [5.41, 5.74) is 2.66. The Balaban J connectivity index is 1.55. The van der Waals surface area contributed by atoms with E-state index in [1.807, 2.05) is 60.7 Å². The number of benzene rings is 4. The lowest BCUT2D eigenvalue weighted by molar-refractivity contribution is 0.256. The van der Waals surface area contributed by atoms with Crippen molar-refractivity contribution in [2.75, 3.05) is 0 Å². The van der Waals surface area contributed by atoms with Gasteiger partial charge in [0.1, 0.15) is 41.4 Å². The molecule has 0 bridgehead atoms. The minimum absolute atomic E-state index is 0.0254. The van der Waals surface area contributed by atoms with E-state index in [-0.39, 0.29) is 27.9 Å². The Morgan fingerprint density at radius 1 is 0.750 bits per heavy atom. The molecule has 1 aromatic heterocycles. The molecule has 0 amide bonds. The van der Waals surface area contributed by atoms with Crippen molar-refractivity contribution in [2.45, 2.75) is 20.1 Å². The highest BCUT2D eigenvalue weighted by molar-refractivity contribution is 5.87. The average Bonchev–Trinajstić information content (AvgIpc) is 2.89. The van der Waals surface area contributed by atoms with Gasteiger partial charge in [0.15, 0.2) is 16.9 Å². The fourth-order valence-corrected chi connectivity index (χ4v) is 4.00. The highest BCUT2D eigenvalue weighted by Gasteiger charge is 2.18. The van der Waals surface area contributed by atoms with Gasteiger partial charge in [-0.15, -0.1) is 0 Å². The van der Waals surface area contributed by atoms with Crippen LogP contribution in [0.15, 0.2) is 100 Å². The largest absolute Gasteiger partial charge is 0.508 e. The summed E-state index contributed by atoms with van der Waals surface area (Å²) in [4.78, 5) is 13.0. The van der Waals surface area contributed by atoms with Crippen LogP contribution in [0.2, 0.25) is 0 Å². The van der Waals surface area contributed by atoms with E-state index in [1.54, 1.807) is 25.1 Å². The first-order valence-electron chi connectivity index (χ1n) is 11.5. The molecule has 0 fully saturated rings. The normalized spacial score (nSPS) is 10.9. The Kier molecular flexibility index (Phi) is 6.33. The average molecular weight is 481 g/mol. The number of aromatic hydroxyl groups is 2. The fourth-order valence-electron chi connectivity index (χ4n) is 4.00. The molecule has 0 aliphatic heterocycles. The van der Waals surface area contributed by atoms with Gasteiger partial charge >= 0.3 is 0 Å². The minimum atomic E-state index is -0.375. The van der Waals surface area contributed by atoms with E-state index in [0.29, 0.717) is 41.6 Å². The predicted molar refractivity (Wildman–Crippen MR) is 138 cm³/mol. The topological polar surface area (TPSA) is 89.1 Å². The van der Waals surface area contributed by atoms with Crippen molar-refractivity contribution >= 4 is 11.0 Å². The second kappa shape index (κ2) is 9.88. The molecule has 0 saturated heterocycles. The Morgan fingerprint density at radius 3 is 2.00 bits per heavy atom. The lowest BCUT2D eigenvalue weighted by atomic mass is 10.0. The molecule has 4 aromatic carbocycles.